The van der Waals surface area contributed by atoms with Crippen molar-refractivity contribution in [2.75, 3.05) is 25.1 Å². The van der Waals surface area contributed by atoms with Crippen molar-refractivity contribution in [3.8, 4) is 0 Å². The summed E-state index contributed by atoms with van der Waals surface area (Å²) >= 11 is 1.34. The maximum Gasteiger partial charge on any atom is 0.326 e. The Kier molecular flexibility index (Phi) is 23.8. The number of imidazole rings is 1. The summed E-state index contributed by atoms with van der Waals surface area (Å²) in [6.45, 7) is 4.91. The third kappa shape index (κ3) is 20.8. The van der Waals surface area contributed by atoms with Crippen LogP contribution in [0.25, 0.3) is 0 Å². The molecule has 0 aliphatic heterocycles. The molecule has 0 radical (unpaired) electrons. The lowest BCUT2D eigenvalue weighted by Gasteiger charge is -2.25. The zero-order valence-corrected chi connectivity index (χ0v) is 36.0. The van der Waals surface area contributed by atoms with E-state index in [1.807, 2.05) is 0 Å². The highest BCUT2D eigenvalue weighted by Crippen LogP contribution is 2.07. The standard InChI is InChI=1S/C36H59N13O12S/c1-17(2)29(39)35(59)42-14-27(52)41-15-28(53)46-24(12-20-13-40-16-43-20)34(58)48-21(6-8-25(37)50)32(56)45-18(3)30(54)44-19(4)31(55)47-22(10-11-62-5)33(57)49-23(36(60)61)7-9-26(38)51/h13,16-19,21-24,29H,6-12,14-15,39H2,1-5H3,(H2,37,50)(H2,38,51)(H,40,43)(H,41,52)(H,42,59)(H,44,54)(H,45,56)(H,46,53)(H,47,55)(H,48,58)(H,49,57)(H,60,61)/t18-,19-,21-,22-,23-,24-,29-/m0/s1. The summed E-state index contributed by atoms with van der Waals surface area (Å²) in [4.78, 5) is 145. The molecule has 62 heavy (non-hydrogen) atoms. The van der Waals surface area contributed by atoms with E-state index in [0.717, 1.165) is 0 Å². The fourth-order valence-electron chi connectivity index (χ4n) is 5.13. The van der Waals surface area contributed by atoms with Crippen molar-refractivity contribution in [1.82, 2.24) is 52.5 Å². The van der Waals surface area contributed by atoms with Crippen molar-refractivity contribution < 1.29 is 57.8 Å². The Morgan fingerprint density at radius 3 is 1.66 bits per heavy atom. The molecule has 0 bridgehead atoms. The SMILES string of the molecule is CSCC[C@H](NC(=O)[C@H](C)NC(=O)[C@H](C)NC(=O)[C@H](CCC(N)=O)NC(=O)[C@H](Cc1cnc[nH]1)NC(=O)CNC(=O)CNC(=O)[C@@H](N)C(C)C)C(=O)N[C@@H](CCC(N)=O)C(=O)O. The third-order valence-electron chi connectivity index (χ3n) is 8.87. The van der Waals surface area contributed by atoms with Crippen LogP contribution in [0.15, 0.2) is 12.5 Å². The lowest BCUT2D eigenvalue weighted by atomic mass is 10.1. The van der Waals surface area contributed by atoms with E-state index in [4.69, 9.17) is 17.2 Å². The van der Waals surface area contributed by atoms with Crippen molar-refractivity contribution in [2.24, 2.45) is 23.1 Å². The van der Waals surface area contributed by atoms with Gasteiger partial charge in [0.2, 0.25) is 59.1 Å². The largest absolute Gasteiger partial charge is 0.480 e. The summed E-state index contributed by atoms with van der Waals surface area (Å²) in [7, 11) is 0. The molecular formula is C36H59N13O12S. The fourth-order valence-corrected chi connectivity index (χ4v) is 5.60. The minimum atomic E-state index is -1.49. The highest BCUT2D eigenvalue weighted by molar-refractivity contribution is 7.98. The van der Waals surface area contributed by atoms with Crippen LogP contribution in [0.5, 0.6) is 0 Å². The molecule has 7 atom stereocenters. The second kappa shape index (κ2) is 27.5. The number of aromatic amines is 1. The number of nitrogens with two attached hydrogens (primary N) is 3. The Bertz CT molecular complexity index is 1750. The van der Waals surface area contributed by atoms with Gasteiger partial charge in [-0.1, -0.05) is 13.8 Å². The number of carbonyl (C=O) groups excluding carboxylic acids is 10. The van der Waals surface area contributed by atoms with Gasteiger partial charge >= 0.3 is 5.97 Å². The molecule has 346 valence electrons. The van der Waals surface area contributed by atoms with E-state index in [9.17, 15) is 57.8 Å². The van der Waals surface area contributed by atoms with E-state index >= 15 is 0 Å². The third-order valence-corrected chi connectivity index (χ3v) is 9.52. The van der Waals surface area contributed by atoms with Gasteiger partial charge in [0.05, 0.1) is 25.5 Å². The Morgan fingerprint density at radius 2 is 1.13 bits per heavy atom. The molecule has 0 aromatic carbocycles. The van der Waals surface area contributed by atoms with Crippen LogP contribution in [0, 0.1) is 5.92 Å². The number of nitrogens with one attached hydrogen (secondary N) is 9. The molecule has 0 fully saturated rings. The maximum absolute atomic E-state index is 13.6. The second-order valence-corrected chi connectivity index (χ2v) is 15.4. The molecule has 0 unspecified atom stereocenters. The number of nitrogens with zero attached hydrogens (tertiary/aromatic N) is 1. The molecule has 1 heterocycles. The van der Waals surface area contributed by atoms with Gasteiger partial charge in [-0.15, -0.1) is 0 Å². The van der Waals surface area contributed by atoms with E-state index < -0.39 is 120 Å². The molecule has 1 aromatic heterocycles. The highest BCUT2D eigenvalue weighted by Gasteiger charge is 2.32. The van der Waals surface area contributed by atoms with Gasteiger partial charge in [0.1, 0.15) is 36.3 Å². The first kappa shape index (κ1) is 53.7. The van der Waals surface area contributed by atoms with Gasteiger partial charge in [-0.3, -0.25) is 47.9 Å². The molecule has 1 rings (SSSR count). The average Bonchev–Trinajstić information content (AvgIpc) is 3.72. The topological polar surface area (TPSA) is 411 Å². The number of primary amides is 2. The van der Waals surface area contributed by atoms with Crippen LogP contribution >= 0.6 is 11.8 Å². The van der Waals surface area contributed by atoms with Gasteiger partial charge in [0.15, 0.2) is 0 Å². The molecular weight excluding hydrogens is 839 g/mol. The number of hydrogen-bond donors (Lipinski definition) is 13. The number of rotatable bonds is 29. The van der Waals surface area contributed by atoms with Gasteiger partial charge in [-0.25, -0.2) is 9.78 Å². The molecule has 10 amide bonds. The first-order valence-corrected chi connectivity index (χ1v) is 20.8. The van der Waals surface area contributed by atoms with E-state index in [0.29, 0.717) is 11.4 Å². The van der Waals surface area contributed by atoms with Crippen LogP contribution in [-0.4, -0.2) is 148 Å². The summed E-state index contributed by atoms with van der Waals surface area (Å²) in [5.74, 6) is -9.38. The molecule has 16 N–H and O–H groups in total. The number of aromatic nitrogens is 2. The molecule has 0 saturated carbocycles. The number of aliphatic carboxylic acids is 1. The number of hydrogen-bond acceptors (Lipinski definition) is 14. The number of thioether (sulfide) groups is 1. The summed E-state index contributed by atoms with van der Waals surface area (Å²) in [6.07, 6.45) is 3.01. The number of carboxylic acid groups (broad SMARTS) is 1. The number of H-pyrrole nitrogens is 1. The molecule has 26 heteroatoms. The minimum Gasteiger partial charge on any atom is -0.480 e. The number of amides is 10. The summed E-state index contributed by atoms with van der Waals surface area (Å²) < 4.78 is 0. The number of carboxylic acids is 1. The van der Waals surface area contributed by atoms with Crippen LogP contribution in [0.3, 0.4) is 0 Å². The zero-order valence-electron chi connectivity index (χ0n) is 35.2. The Balaban J connectivity index is 3.01. The van der Waals surface area contributed by atoms with E-state index in [1.54, 1.807) is 20.1 Å². The highest BCUT2D eigenvalue weighted by atomic mass is 32.2. The second-order valence-electron chi connectivity index (χ2n) is 14.4. The van der Waals surface area contributed by atoms with Crippen LogP contribution in [0.1, 0.15) is 65.5 Å². The van der Waals surface area contributed by atoms with Gasteiger partial charge in [-0.2, -0.15) is 11.8 Å². The molecule has 0 aliphatic carbocycles. The first-order valence-electron chi connectivity index (χ1n) is 19.4. The maximum atomic E-state index is 13.6. The van der Waals surface area contributed by atoms with Gasteiger partial charge < -0.3 is 69.8 Å². The van der Waals surface area contributed by atoms with Crippen molar-refractivity contribution in [2.45, 2.75) is 109 Å². The molecule has 25 nitrogen and oxygen atoms in total. The van der Waals surface area contributed by atoms with Crippen LogP contribution in [-0.2, 0) is 59.2 Å². The first-order chi connectivity index (χ1) is 29.0. The summed E-state index contributed by atoms with van der Waals surface area (Å²) in [6, 6.07) is -9.05. The fraction of sp³-hybridized carbons (Fsp3) is 0.611. The Morgan fingerprint density at radius 1 is 0.645 bits per heavy atom. The smallest absolute Gasteiger partial charge is 0.326 e. The molecule has 0 aliphatic rings. The molecule has 0 saturated heterocycles. The Labute approximate surface area is 361 Å². The van der Waals surface area contributed by atoms with E-state index in [-0.39, 0.29) is 44.4 Å². The van der Waals surface area contributed by atoms with Crippen LogP contribution in [0.2, 0.25) is 0 Å². The van der Waals surface area contributed by atoms with Crippen LogP contribution < -0.4 is 59.7 Å². The predicted molar refractivity (Wildman–Crippen MR) is 222 cm³/mol. The normalized spacial score (nSPS) is 14.2. The monoisotopic (exact) mass is 897 g/mol. The molecule has 1 aromatic rings. The quantitative estimate of drug-likeness (QED) is 0.0357. The van der Waals surface area contributed by atoms with Gasteiger partial charge in [0.25, 0.3) is 0 Å². The van der Waals surface area contributed by atoms with Crippen molar-refractivity contribution in [1.29, 1.82) is 0 Å². The van der Waals surface area contributed by atoms with Crippen molar-refractivity contribution in [3.63, 3.8) is 0 Å². The van der Waals surface area contributed by atoms with E-state index in [2.05, 4.69) is 52.5 Å². The minimum absolute atomic E-state index is 0.0743. The van der Waals surface area contributed by atoms with Gasteiger partial charge in [0, 0.05) is 31.2 Å². The van der Waals surface area contributed by atoms with Crippen molar-refractivity contribution in [3.05, 3.63) is 18.2 Å². The van der Waals surface area contributed by atoms with Gasteiger partial charge in [-0.05, 0) is 51.0 Å². The summed E-state index contributed by atoms with van der Waals surface area (Å²) in [5, 5.41) is 28.5. The zero-order chi connectivity index (χ0) is 47.1. The summed E-state index contributed by atoms with van der Waals surface area (Å²) in [5.41, 5.74) is 16.5. The predicted octanol–water partition coefficient (Wildman–Crippen LogP) is -5.51. The average molecular weight is 898 g/mol. The Hall–Kier alpha value is -6.31. The lowest BCUT2D eigenvalue weighted by Crippen LogP contribution is -2.59. The van der Waals surface area contributed by atoms with Crippen molar-refractivity contribution >= 4 is 76.8 Å². The van der Waals surface area contributed by atoms with Crippen LogP contribution in [0.4, 0.5) is 0 Å². The van der Waals surface area contributed by atoms with E-state index in [1.165, 1.54) is 38.1 Å². The number of carbonyl (C=O) groups is 11. The molecule has 0 spiro atoms. The lowest BCUT2D eigenvalue weighted by molar-refractivity contribution is -0.142.